The van der Waals surface area contributed by atoms with Crippen molar-refractivity contribution in [1.29, 1.82) is 0 Å². The Labute approximate surface area is 313 Å². The molecule has 2 fully saturated rings. The summed E-state index contributed by atoms with van der Waals surface area (Å²) >= 11 is 6.63. The van der Waals surface area contributed by atoms with E-state index in [1.807, 2.05) is 6.08 Å². The maximum Gasteiger partial charge on any atom is 0.335 e. The van der Waals surface area contributed by atoms with Gasteiger partial charge in [-0.05, 0) is 92.9 Å². The van der Waals surface area contributed by atoms with Crippen molar-refractivity contribution in [2.45, 2.75) is 166 Å². The second-order valence-electron chi connectivity index (χ2n) is 15.0. The van der Waals surface area contributed by atoms with Crippen LogP contribution in [0.1, 0.15) is 158 Å². The molecule has 0 heterocycles. The van der Waals surface area contributed by atoms with Crippen molar-refractivity contribution in [3.05, 3.63) is 53.6 Å². The van der Waals surface area contributed by atoms with Gasteiger partial charge in [0.25, 0.3) is 0 Å². The van der Waals surface area contributed by atoms with E-state index in [0.717, 1.165) is 44.9 Å². The largest absolute Gasteiger partial charge is 0.494 e. The third-order valence-electron chi connectivity index (χ3n) is 11.4. The monoisotopic (exact) mass is 730 g/mol. The average Bonchev–Trinajstić information content (AvgIpc) is 3.35. The lowest BCUT2D eigenvalue weighted by Crippen LogP contribution is -2.40. The first-order valence-corrected chi connectivity index (χ1v) is 20.6. The Balaban J connectivity index is 1.31. The lowest BCUT2D eigenvalue weighted by Gasteiger charge is -2.45. The van der Waals surface area contributed by atoms with E-state index < -0.39 is 12.1 Å². The van der Waals surface area contributed by atoms with Crippen LogP contribution in [0.15, 0.2) is 42.5 Å². The highest BCUT2D eigenvalue weighted by atomic mass is 35.5. The van der Waals surface area contributed by atoms with Gasteiger partial charge in [-0.25, -0.2) is 4.79 Å². The van der Waals surface area contributed by atoms with E-state index >= 15 is 0 Å². The summed E-state index contributed by atoms with van der Waals surface area (Å²) in [7, 11) is 0. The minimum Gasteiger partial charge on any atom is -0.494 e. The number of carboxylic acid groups (broad SMARTS) is 1. The van der Waals surface area contributed by atoms with Crippen LogP contribution in [-0.4, -0.2) is 58.1 Å². The Morgan fingerprint density at radius 1 is 0.961 bits per heavy atom. The molecule has 0 aliphatic heterocycles. The number of hydrogen-bond donors (Lipinski definition) is 3. The van der Waals surface area contributed by atoms with Gasteiger partial charge in [-0.3, -0.25) is 4.79 Å². The molecule has 0 amide bonds. The maximum absolute atomic E-state index is 12.4. The first-order chi connectivity index (χ1) is 24.7. The Kier molecular flexibility index (Phi) is 20.3. The number of alkyl halides is 1. The molecule has 288 valence electrons. The summed E-state index contributed by atoms with van der Waals surface area (Å²) in [6.07, 6.45) is 28.3. The van der Waals surface area contributed by atoms with Crippen LogP contribution in [0.2, 0.25) is 0 Å². The zero-order valence-corrected chi connectivity index (χ0v) is 32.3. The van der Waals surface area contributed by atoms with E-state index in [-0.39, 0.29) is 53.3 Å². The van der Waals surface area contributed by atoms with Gasteiger partial charge in [0.2, 0.25) is 0 Å². The van der Waals surface area contributed by atoms with Gasteiger partial charge < -0.3 is 24.8 Å². The number of aliphatic hydroxyl groups is 2. The molecule has 5 atom stereocenters. The number of aliphatic hydroxyl groups excluding tert-OH is 2. The summed E-state index contributed by atoms with van der Waals surface area (Å²) < 4.78 is 11.4. The Morgan fingerprint density at radius 3 is 2.31 bits per heavy atom. The van der Waals surface area contributed by atoms with Crippen molar-refractivity contribution in [3.63, 3.8) is 0 Å². The van der Waals surface area contributed by atoms with Crippen LogP contribution >= 0.6 is 11.6 Å². The molecular weight excluding hydrogens is 664 g/mol. The number of ether oxygens (including phenoxy) is 2. The average molecular weight is 731 g/mol. The fraction of sp³-hybridized carbons (Fsp3) is 0.721. The summed E-state index contributed by atoms with van der Waals surface area (Å²) in [5.74, 6) is -0.567. The van der Waals surface area contributed by atoms with E-state index in [9.17, 15) is 24.9 Å². The number of unbranched alkanes of at least 4 members (excludes halogenated alkanes) is 10. The van der Waals surface area contributed by atoms with E-state index in [2.05, 4.69) is 32.1 Å². The van der Waals surface area contributed by atoms with Gasteiger partial charge in [0, 0.05) is 24.1 Å². The van der Waals surface area contributed by atoms with E-state index in [0.29, 0.717) is 43.6 Å². The van der Waals surface area contributed by atoms with Crippen molar-refractivity contribution in [2.24, 2.45) is 17.3 Å². The van der Waals surface area contributed by atoms with Gasteiger partial charge in [-0.2, -0.15) is 0 Å². The molecule has 2 aliphatic carbocycles. The third kappa shape index (κ3) is 14.9. The summed E-state index contributed by atoms with van der Waals surface area (Å²) in [6, 6.07) is 5.03. The number of esters is 1. The summed E-state index contributed by atoms with van der Waals surface area (Å²) in [5, 5.41) is 30.9. The Bertz CT molecular complexity index is 1200. The van der Waals surface area contributed by atoms with Crippen LogP contribution in [0, 0.1) is 17.3 Å². The molecule has 0 bridgehead atoms. The van der Waals surface area contributed by atoms with Crippen LogP contribution in [0.5, 0.6) is 5.75 Å². The molecule has 1 aromatic carbocycles. The van der Waals surface area contributed by atoms with Crippen LogP contribution in [-0.2, 0) is 16.0 Å². The highest BCUT2D eigenvalue weighted by Crippen LogP contribution is 2.48. The zero-order chi connectivity index (χ0) is 36.9. The molecule has 0 unspecified atom stereocenters. The van der Waals surface area contributed by atoms with E-state index in [4.69, 9.17) is 21.1 Å². The molecule has 2 saturated carbocycles. The zero-order valence-electron chi connectivity index (χ0n) is 31.5. The van der Waals surface area contributed by atoms with E-state index in [1.54, 1.807) is 18.2 Å². The summed E-state index contributed by atoms with van der Waals surface area (Å²) in [4.78, 5) is 24.2. The molecule has 3 N–H and O–H groups in total. The number of rotatable bonds is 27. The van der Waals surface area contributed by atoms with Gasteiger partial charge in [-0.15, -0.1) is 11.6 Å². The minimum absolute atomic E-state index is 0.0308. The molecular formula is C43H67ClO7. The summed E-state index contributed by atoms with van der Waals surface area (Å²) in [6.45, 7) is 5.12. The molecule has 51 heavy (non-hydrogen) atoms. The summed E-state index contributed by atoms with van der Waals surface area (Å²) in [5.41, 5.74) is 0.866. The molecule has 7 nitrogen and oxygen atoms in total. The highest BCUT2D eigenvalue weighted by Gasteiger charge is 2.42. The number of benzene rings is 1. The highest BCUT2D eigenvalue weighted by molar-refractivity contribution is 6.21. The lowest BCUT2D eigenvalue weighted by molar-refractivity contribution is -0.143. The van der Waals surface area contributed by atoms with Crippen LogP contribution < -0.4 is 4.74 Å². The lowest BCUT2D eigenvalue weighted by atomic mass is 9.63. The van der Waals surface area contributed by atoms with Gasteiger partial charge in [0.15, 0.2) is 0 Å². The topological polar surface area (TPSA) is 113 Å². The normalized spacial score (nSPS) is 22.0. The second kappa shape index (κ2) is 24.1. The van der Waals surface area contributed by atoms with Crippen LogP contribution in [0.3, 0.4) is 0 Å². The standard InChI is InChI=1S/C43H67ClO7/c1-3-5-6-7-8-9-10-11-14-17-29-50-34-24-25-35(42(48)49)33(31-34)26-30-51-41(47)23-16-13-12-15-20-36-37(39(45)32-38(36)44)21-18-22-40(46)43(4-2)27-19-28-43/h12,15,18,21,24-25,31,36-40,45-46H,3-11,13-14,16-17,19-20,22-23,26-30,32H2,1-2H3,(H,48,49)/t36-,37-,38-,39-,40+/m1/s1. The van der Waals surface area contributed by atoms with E-state index in [1.165, 1.54) is 57.8 Å². The van der Waals surface area contributed by atoms with Crippen molar-refractivity contribution < 1.29 is 34.4 Å². The number of hydrogen-bond acceptors (Lipinski definition) is 6. The molecule has 1 aromatic rings. The van der Waals surface area contributed by atoms with Crippen LogP contribution in [0.4, 0.5) is 0 Å². The number of aromatic carboxylic acids is 1. The minimum atomic E-state index is -1.01. The van der Waals surface area contributed by atoms with Gasteiger partial charge in [-0.1, -0.05) is 102 Å². The molecule has 0 aromatic heterocycles. The number of carboxylic acids is 1. The fourth-order valence-electron chi connectivity index (χ4n) is 7.77. The van der Waals surface area contributed by atoms with Crippen molar-refractivity contribution >= 4 is 23.5 Å². The number of halogens is 1. The van der Waals surface area contributed by atoms with Gasteiger partial charge >= 0.3 is 11.9 Å². The molecule has 2 aliphatic rings. The number of carbonyl (C=O) groups is 2. The first kappa shape index (κ1) is 43.1. The smallest absolute Gasteiger partial charge is 0.335 e. The molecule has 0 radical (unpaired) electrons. The van der Waals surface area contributed by atoms with Crippen molar-refractivity contribution in [3.8, 4) is 5.75 Å². The van der Waals surface area contributed by atoms with Gasteiger partial charge in [0.05, 0.1) is 31.0 Å². The molecule has 0 spiro atoms. The number of carbonyl (C=O) groups excluding carboxylic acids is 1. The first-order valence-electron chi connectivity index (χ1n) is 20.2. The SMILES string of the molecule is CCCCCCCCCCCCOc1ccc(C(=O)O)c(CCOC(=O)CCCC=CC[C@@H]2[C@@H](C=CC[C@H](O)C3(CC)CCC3)[C@H](O)C[C@H]2Cl)c1. The van der Waals surface area contributed by atoms with Crippen molar-refractivity contribution in [1.82, 2.24) is 0 Å². The third-order valence-corrected chi connectivity index (χ3v) is 11.9. The fourth-order valence-corrected chi connectivity index (χ4v) is 8.22. The Morgan fingerprint density at radius 2 is 1.67 bits per heavy atom. The predicted octanol–water partition coefficient (Wildman–Crippen LogP) is 10.4. The molecule has 3 rings (SSSR count). The predicted molar refractivity (Wildman–Crippen MR) is 207 cm³/mol. The second-order valence-corrected chi connectivity index (χ2v) is 15.6. The van der Waals surface area contributed by atoms with Crippen molar-refractivity contribution in [2.75, 3.05) is 13.2 Å². The Hall–Kier alpha value is -2.35. The quantitative estimate of drug-likeness (QED) is 0.0357. The molecule has 0 saturated heterocycles. The van der Waals surface area contributed by atoms with Crippen LogP contribution in [0.25, 0.3) is 0 Å². The number of allylic oxidation sites excluding steroid dienone is 2. The maximum atomic E-state index is 12.4. The van der Waals surface area contributed by atoms with Gasteiger partial charge in [0.1, 0.15) is 5.75 Å². The molecule has 8 heteroatoms.